The first-order valence-corrected chi connectivity index (χ1v) is 7.56. The van der Waals surface area contributed by atoms with Crippen LogP contribution in [0.15, 0.2) is 55.1 Å². The lowest BCUT2D eigenvalue weighted by molar-refractivity contribution is 0.416. The third-order valence-corrected chi connectivity index (χ3v) is 3.99. The number of methoxy groups -OCH3 is 1. The second kappa shape index (κ2) is 6.13. The fourth-order valence-electron chi connectivity index (χ4n) is 2.80. The van der Waals surface area contributed by atoms with Gasteiger partial charge in [0.05, 0.1) is 18.3 Å². The Balaban J connectivity index is 2.14. The van der Waals surface area contributed by atoms with Crippen LogP contribution in [0.2, 0.25) is 0 Å². The van der Waals surface area contributed by atoms with E-state index in [1.165, 1.54) is 0 Å². The largest absolute Gasteiger partial charge is 0.495 e. The molecular formula is C20H20N2O. The van der Waals surface area contributed by atoms with Gasteiger partial charge in [-0.2, -0.15) is 0 Å². The number of fused-ring (bicyclic) bond motifs is 1. The van der Waals surface area contributed by atoms with Crippen molar-refractivity contribution in [2.45, 2.75) is 6.92 Å². The van der Waals surface area contributed by atoms with E-state index in [0.29, 0.717) is 0 Å². The summed E-state index contributed by atoms with van der Waals surface area (Å²) < 4.78 is 5.36. The minimum atomic E-state index is 0.819. The van der Waals surface area contributed by atoms with Crippen LogP contribution in [0.4, 0.5) is 5.69 Å². The van der Waals surface area contributed by atoms with E-state index < -0.39 is 0 Å². The molecule has 0 aliphatic heterocycles. The number of nitrogens with one attached hydrogen (secondary N) is 1. The SMILES string of the molecule is C=C(c1ccc(OC)c(NC)c1)c1cc(C)nc2ccccc12. The highest BCUT2D eigenvalue weighted by molar-refractivity contribution is 5.96. The molecule has 1 aromatic heterocycles. The van der Waals surface area contributed by atoms with Crippen molar-refractivity contribution in [2.24, 2.45) is 0 Å². The molecule has 0 aliphatic carbocycles. The lowest BCUT2D eigenvalue weighted by atomic mass is 9.95. The molecule has 0 fully saturated rings. The Morgan fingerprint density at radius 1 is 1.13 bits per heavy atom. The van der Waals surface area contributed by atoms with Crippen molar-refractivity contribution < 1.29 is 4.74 Å². The lowest BCUT2D eigenvalue weighted by Crippen LogP contribution is -1.97. The van der Waals surface area contributed by atoms with Crippen molar-refractivity contribution in [3.63, 3.8) is 0 Å². The van der Waals surface area contributed by atoms with E-state index >= 15 is 0 Å². The highest BCUT2D eigenvalue weighted by atomic mass is 16.5. The molecule has 116 valence electrons. The summed E-state index contributed by atoms with van der Waals surface area (Å²) in [6, 6.07) is 16.3. The number of aromatic nitrogens is 1. The quantitative estimate of drug-likeness (QED) is 0.761. The summed E-state index contributed by atoms with van der Waals surface area (Å²) in [5.74, 6) is 0.819. The monoisotopic (exact) mass is 304 g/mol. The van der Waals surface area contributed by atoms with Crippen LogP contribution in [0.3, 0.4) is 0 Å². The Kier molecular flexibility index (Phi) is 4.02. The first-order valence-electron chi connectivity index (χ1n) is 7.56. The van der Waals surface area contributed by atoms with Crippen LogP contribution < -0.4 is 10.1 Å². The zero-order chi connectivity index (χ0) is 16.4. The summed E-state index contributed by atoms with van der Waals surface area (Å²) in [4.78, 5) is 4.60. The van der Waals surface area contributed by atoms with Gasteiger partial charge in [-0.25, -0.2) is 0 Å². The van der Waals surface area contributed by atoms with E-state index in [1.807, 2.05) is 44.3 Å². The van der Waals surface area contributed by atoms with E-state index in [9.17, 15) is 0 Å². The second-order valence-corrected chi connectivity index (χ2v) is 5.47. The molecule has 0 saturated heterocycles. The number of hydrogen-bond acceptors (Lipinski definition) is 3. The number of nitrogens with zero attached hydrogens (tertiary/aromatic N) is 1. The van der Waals surface area contributed by atoms with Gasteiger partial charge < -0.3 is 10.1 Å². The molecule has 0 amide bonds. The van der Waals surface area contributed by atoms with Crippen LogP contribution in [0.25, 0.3) is 16.5 Å². The van der Waals surface area contributed by atoms with Gasteiger partial charge in [0.1, 0.15) is 5.75 Å². The van der Waals surface area contributed by atoms with Crippen molar-refractivity contribution in [1.29, 1.82) is 0 Å². The van der Waals surface area contributed by atoms with Crippen molar-refractivity contribution >= 4 is 22.2 Å². The fraction of sp³-hybridized carbons (Fsp3) is 0.150. The molecule has 0 radical (unpaired) electrons. The van der Waals surface area contributed by atoms with Crippen LogP contribution >= 0.6 is 0 Å². The lowest BCUT2D eigenvalue weighted by Gasteiger charge is -2.14. The van der Waals surface area contributed by atoms with E-state index in [-0.39, 0.29) is 0 Å². The number of rotatable bonds is 4. The Bertz CT molecular complexity index is 884. The minimum absolute atomic E-state index is 0.819. The fourth-order valence-corrected chi connectivity index (χ4v) is 2.80. The Hall–Kier alpha value is -2.81. The number of benzene rings is 2. The molecule has 0 aliphatic rings. The average molecular weight is 304 g/mol. The van der Waals surface area contributed by atoms with Crippen LogP contribution in [0.5, 0.6) is 5.75 Å². The molecule has 1 heterocycles. The smallest absolute Gasteiger partial charge is 0.141 e. The van der Waals surface area contributed by atoms with Gasteiger partial charge in [-0.3, -0.25) is 4.98 Å². The van der Waals surface area contributed by atoms with Gasteiger partial charge in [0, 0.05) is 18.1 Å². The van der Waals surface area contributed by atoms with Crippen LogP contribution in [-0.2, 0) is 0 Å². The van der Waals surface area contributed by atoms with Gasteiger partial charge >= 0.3 is 0 Å². The molecule has 0 bridgehead atoms. The summed E-state index contributed by atoms with van der Waals surface area (Å²) in [5.41, 5.74) is 6.08. The summed E-state index contributed by atoms with van der Waals surface area (Å²) in [6.07, 6.45) is 0. The molecule has 3 nitrogen and oxygen atoms in total. The zero-order valence-corrected chi connectivity index (χ0v) is 13.7. The number of ether oxygens (including phenoxy) is 1. The maximum atomic E-state index is 5.36. The van der Waals surface area contributed by atoms with Gasteiger partial charge in [-0.05, 0) is 47.9 Å². The molecular weight excluding hydrogens is 284 g/mol. The third kappa shape index (κ3) is 2.78. The molecule has 2 aromatic carbocycles. The summed E-state index contributed by atoms with van der Waals surface area (Å²) in [5, 5.41) is 4.28. The van der Waals surface area contributed by atoms with Crippen LogP contribution in [-0.4, -0.2) is 19.1 Å². The number of hydrogen-bond donors (Lipinski definition) is 1. The number of aryl methyl sites for hydroxylation is 1. The summed E-state index contributed by atoms with van der Waals surface area (Å²) in [6.45, 7) is 6.33. The molecule has 0 unspecified atom stereocenters. The van der Waals surface area contributed by atoms with Crippen molar-refractivity contribution in [1.82, 2.24) is 4.98 Å². The molecule has 23 heavy (non-hydrogen) atoms. The van der Waals surface area contributed by atoms with Crippen molar-refractivity contribution in [3.8, 4) is 5.75 Å². The Morgan fingerprint density at radius 2 is 1.91 bits per heavy atom. The standard InChI is InChI=1S/C20H20N2O/c1-13-11-17(16-7-5-6-8-18(16)22-13)14(2)15-9-10-20(23-4)19(12-15)21-3/h5-12,21H,2H2,1,3-4H3. The summed E-state index contributed by atoms with van der Waals surface area (Å²) >= 11 is 0. The van der Waals surface area contributed by atoms with E-state index in [2.05, 4.69) is 35.1 Å². The zero-order valence-electron chi connectivity index (χ0n) is 13.7. The summed E-state index contributed by atoms with van der Waals surface area (Å²) in [7, 11) is 3.56. The van der Waals surface area contributed by atoms with Crippen LogP contribution in [0, 0.1) is 6.92 Å². The second-order valence-electron chi connectivity index (χ2n) is 5.47. The predicted molar refractivity (Wildman–Crippen MR) is 97.2 cm³/mol. The minimum Gasteiger partial charge on any atom is -0.495 e. The molecule has 0 saturated carbocycles. The van der Waals surface area contributed by atoms with Crippen LogP contribution in [0.1, 0.15) is 16.8 Å². The van der Waals surface area contributed by atoms with E-state index in [0.717, 1.165) is 44.7 Å². The van der Waals surface area contributed by atoms with E-state index in [1.54, 1.807) is 7.11 Å². The van der Waals surface area contributed by atoms with E-state index in [4.69, 9.17) is 4.74 Å². The Labute approximate surface area is 136 Å². The molecule has 0 atom stereocenters. The Morgan fingerprint density at radius 3 is 2.65 bits per heavy atom. The highest BCUT2D eigenvalue weighted by Gasteiger charge is 2.11. The van der Waals surface area contributed by atoms with Gasteiger partial charge in [-0.15, -0.1) is 0 Å². The topological polar surface area (TPSA) is 34.1 Å². The van der Waals surface area contributed by atoms with Gasteiger partial charge in [0.15, 0.2) is 0 Å². The normalized spacial score (nSPS) is 10.6. The molecule has 3 rings (SSSR count). The predicted octanol–water partition coefficient (Wildman–Crippen LogP) is 4.66. The molecule has 1 N–H and O–H groups in total. The van der Waals surface area contributed by atoms with Crippen molar-refractivity contribution in [2.75, 3.05) is 19.5 Å². The first-order chi connectivity index (χ1) is 11.1. The highest BCUT2D eigenvalue weighted by Crippen LogP contribution is 2.33. The maximum absolute atomic E-state index is 5.36. The first kappa shape index (κ1) is 15.1. The number of anilines is 1. The van der Waals surface area contributed by atoms with Gasteiger partial charge in [-0.1, -0.05) is 30.8 Å². The van der Waals surface area contributed by atoms with Gasteiger partial charge in [0.2, 0.25) is 0 Å². The number of para-hydroxylation sites is 1. The maximum Gasteiger partial charge on any atom is 0.141 e. The van der Waals surface area contributed by atoms with Gasteiger partial charge in [0.25, 0.3) is 0 Å². The average Bonchev–Trinajstić information content (AvgIpc) is 2.59. The molecule has 3 heteroatoms. The third-order valence-electron chi connectivity index (χ3n) is 3.99. The molecule has 3 aromatic rings. The van der Waals surface area contributed by atoms with Crippen molar-refractivity contribution in [3.05, 3.63) is 71.9 Å². The molecule has 0 spiro atoms. The number of pyridine rings is 1.